The first-order chi connectivity index (χ1) is 9.65. The van der Waals surface area contributed by atoms with Gasteiger partial charge in [0, 0.05) is 26.7 Å². The summed E-state index contributed by atoms with van der Waals surface area (Å²) in [6, 6.07) is 0. The van der Waals surface area contributed by atoms with Gasteiger partial charge in [0.25, 0.3) is 0 Å². The van der Waals surface area contributed by atoms with Gasteiger partial charge in [-0.15, -0.1) is 24.0 Å². The van der Waals surface area contributed by atoms with Crippen molar-refractivity contribution in [2.24, 2.45) is 16.8 Å². The van der Waals surface area contributed by atoms with Crippen LogP contribution in [0.25, 0.3) is 0 Å². The highest BCUT2D eigenvalue weighted by atomic mass is 127. The minimum Gasteiger partial charge on any atom is -0.469 e. The second-order valence-electron chi connectivity index (χ2n) is 5.40. The van der Waals surface area contributed by atoms with Crippen molar-refractivity contribution in [3.63, 3.8) is 0 Å². The number of likely N-dealkylation sites (tertiary alicyclic amines) is 1. The molecule has 6 heteroatoms. The minimum absolute atomic E-state index is 0. The average Bonchev–Trinajstić information content (AvgIpc) is 2.51. The number of esters is 1. The van der Waals surface area contributed by atoms with Gasteiger partial charge in [-0.1, -0.05) is 26.7 Å². The van der Waals surface area contributed by atoms with E-state index in [4.69, 9.17) is 4.74 Å². The summed E-state index contributed by atoms with van der Waals surface area (Å²) in [7, 11) is 3.28. The van der Waals surface area contributed by atoms with E-state index in [1.807, 2.05) is 7.05 Å². The van der Waals surface area contributed by atoms with Crippen molar-refractivity contribution < 1.29 is 9.53 Å². The van der Waals surface area contributed by atoms with Crippen LogP contribution in [0.3, 0.4) is 0 Å². The van der Waals surface area contributed by atoms with Gasteiger partial charge < -0.3 is 15.0 Å². The van der Waals surface area contributed by atoms with Gasteiger partial charge >= 0.3 is 5.97 Å². The predicted molar refractivity (Wildman–Crippen MR) is 97.2 cm³/mol. The summed E-state index contributed by atoms with van der Waals surface area (Å²) in [6.07, 6.45) is 4.06. The molecule has 0 spiro atoms. The molecule has 0 aromatic heterocycles. The highest BCUT2D eigenvalue weighted by Crippen LogP contribution is 2.18. The molecule has 0 saturated carbocycles. The summed E-state index contributed by atoms with van der Waals surface area (Å²) in [5, 5.41) is 3.46. The summed E-state index contributed by atoms with van der Waals surface area (Å²) in [4.78, 5) is 18.1. The number of carbonyl (C=O) groups excluding carboxylic acids is 1. The van der Waals surface area contributed by atoms with Crippen molar-refractivity contribution >= 4 is 35.9 Å². The van der Waals surface area contributed by atoms with Gasteiger partial charge in [0.2, 0.25) is 0 Å². The molecule has 5 nitrogen and oxygen atoms in total. The third kappa shape index (κ3) is 6.40. The largest absolute Gasteiger partial charge is 0.469 e. The molecule has 1 N–H and O–H groups in total. The lowest BCUT2D eigenvalue weighted by Crippen LogP contribution is -2.47. The molecule has 1 saturated heterocycles. The maximum Gasteiger partial charge on any atom is 0.308 e. The van der Waals surface area contributed by atoms with Crippen molar-refractivity contribution in [1.29, 1.82) is 0 Å². The summed E-state index contributed by atoms with van der Waals surface area (Å²) >= 11 is 0. The Hall–Kier alpha value is -0.530. The molecule has 124 valence electrons. The molecular formula is C15H30IN3O2. The number of nitrogens with one attached hydrogen (secondary N) is 1. The molecule has 1 fully saturated rings. The SMILES string of the molecule is CCC(CC)CNC(=NC)N1CCC(C(=O)OC)CC1.I. The Balaban J connectivity index is 0.00000400. The molecule has 1 aliphatic heterocycles. The zero-order valence-corrected chi connectivity index (χ0v) is 16.1. The van der Waals surface area contributed by atoms with Crippen LogP contribution in [0, 0.1) is 11.8 Å². The molecule has 1 heterocycles. The van der Waals surface area contributed by atoms with Crippen LogP contribution in [0.2, 0.25) is 0 Å². The van der Waals surface area contributed by atoms with Crippen molar-refractivity contribution in [2.45, 2.75) is 39.5 Å². The Morgan fingerprint density at radius 3 is 2.33 bits per heavy atom. The lowest BCUT2D eigenvalue weighted by atomic mass is 9.97. The van der Waals surface area contributed by atoms with Crippen molar-refractivity contribution in [2.75, 3.05) is 33.8 Å². The number of guanidine groups is 1. The first-order valence-corrected chi connectivity index (χ1v) is 7.69. The highest BCUT2D eigenvalue weighted by molar-refractivity contribution is 14.0. The molecule has 0 aromatic carbocycles. The zero-order chi connectivity index (χ0) is 15.0. The Bertz CT molecular complexity index is 325. The van der Waals surface area contributed by atoms with E-state index in [2.05, 4.69) is 29.1 Å². The summed E-state index contributed by atoms with van der Waals surface area (Å²) in [6.45, 7) is 7.14. The molecule has 0 unspecified atom stereocenters. The first kappa shape index (κ1) is 20.5. The second-order valence-corrected chi connectivity index (χ2v) is 5.40. The predicted octanol–water partition coefficient (Wildman–Crippen LogP) is 2.50. The minimum atomic E-state index is -0.0790. The fraction of sp³-hybridized carbons (Fsp3) is 0.867. The van der Waals surface area contributed by atoms with E-state index in [1.165, 1.54) is 20.0 Å². The van der Waals surface area contributed by atoms with Crippen LogP contribution in [0.5, 0.6) is 0 Å². The highest BCUT2D eigenvalue weighted by Gasteiger charge is 2.26. The first-order valence-electron chi connectivity index (χ1n) is 7.69. The van der Waals surface area contributed by atoms with Gasteiger partial charge in [-0.3, -0.25) is 9.79 Å². The Kier molecular flexibility index (Phi) is 10.8. The summed E-state index contributed by atoms with van der Waals surface area (Å²) < 4.78 is 4.82. The topological polar surface area (TPSA) is 53.9 Å². The number of carbonyl (C=O) groups is 1. The van der Waals surface area contributed by atoms with Crippen LogP contribution >= 0.6 is 24.0 Å². The van der Waals surface area contributed by atoms with Crippen LogP contribution < -0.4 is 5.32 Å². The maximum absolute atomic E-state index is 11.5. The fourth-order valence-corrected chi connectivity index (χ4v) is 2.64. The summed E-state index contributed by atoms with van der Waals surface area (Å²) in [5.41, 5.74) is 0. The monoisotopic (exact) mass is 411 g/mol. The van der Waals surface area contributed by atoms with E-state index in [0.717, 1.165) is 38.4 Å². The molecule has 0 atom stereocenters. The number of aliphatic imine (C=N–C) groups is 1. The lowest BCUT2D eigenvalue weighted by molar-refractivity contribution is -0.146. The van der Waals surface area contributed by atoms with Crippen molar-refractivity contribution in [3.8, 4) is 0 Å². The van der Waals surface area contributed by atoms with E-state index in [9.17, 15) is 4.79 Å². The van der Waals surface area contributed by atoms with E-state index in [1.54, 1.807) is 0 Å². The van der Waals surface area contributed by atoms with Gasteiger partial charge in [-0.2, -0.15) is 0 Å². The molecule has 0 radical (unpaired) electrons. The Labute approximate surface area is 145 Å². The number of hydrogen-bond donors (Lipinski definition) is 1. The van der Waals surface area contributed by atoms with Crippen LogP contribution in [-0.2, 0) is 9.53 Å². The van der Waals surface area contributed by atoms with Crippen LogP contribution in [0.4, 0.5) is 0 Å². The summed E-state index contributed by atoms with van der Waals surface area (Å²) in [5.74, 6) is 1.62. The van der Waals surface area contributed by atoms with E-state index in [-0.39, 0.29) is 35.9 Å². The molecule has 0 aliphatic carbocycles. The second kappa shape index (κ2) is 11.1. The average molecular weight is 411 g/mol. The van der Waals surface area contributed by atoms with E-state index in [0.29, 0.717) is 5.92 Å². The molecule has 0 aromatic rings. The van der Waals surface area contributed by atoms with E-state index >= 15 is 0 Å². The van der Waals surface area contributed by atoms with Gasteiger partial charge in [-0.25, -0.2) is 0 Å². The van der Waals surface area contributed by atoms with Crippen LogP contribution in [0.15, 0.2) is 4.99 Å². The molecule has 0 amide bonds. The smallest absolute Gasteiger partial charge is 0.308 e. The van der Waals surface area contributed by atoms with Gasteiger partial charge in [0.15, 0.2) is 5.96 Å². The Morgan fingerprint density at radius 1 is 1.33 bits per heavy atom. The molecule has 1 rings (SSSR count). The Morgan fingerprint density at radius 2 is 1.90 bits per heavy atom. The number of halogens is 1. The number of hydrogen-bond acceptors (Lipinski definition) is 3. The van der Waals surface area contributed by atoms with Crippen molar-refractivity contribution in [1.82, 2.24) is 10.2 Å². The van der Waals surface area contributed by atoms with Crippen LogP contribution in [0.1, 0.15) is 39.5 Å². The van der Waals surface area contributed by atoms with Crippen molar-refractivity contribution in [3.05, 3.63) is 0 Å². The number of rotatable bonds is 5. The number of ether oxygens (including phenoxy) is 1. The van der Waals surface area contributed by atoms with Gasteiger partial charge in [0.1, 0.15) is 0 Å². The normalized spacial score (nSPS) is 16.6. The zero-order valence-electron chi connectivity index (χ0n) is 13.7. The third-order valence-corrected chi connectivity index (χ3v) is 4.24. The van der Waals surface area contributed by atoms with E-state index < -0.39 is 0 Å². The maximum atomic E-state index is 11.5. The molecule has 21 heavy (non-hydrogen) atoms. The number of nitrogens with zero attached hydrogens (tertiary/aromatic N) is 2. The lowest BCUT2D eigenvalue weighted by Gasteiger charge is -2.33. The molecule has 0 bridgehead atoms. The molecular weight excluding hydrogens is 381 g/mol. The van der Waals surface area contributed by atoms with Gasteiger partial charge in [0.05, 0.1) is 13.0 Å². The fourth-order valence-electron chi connectivity index (χ4n) is 2.64. The van der Waals surface area contributed by atoms with Gasteiger partial charge in [-0.05, 0) is 18.8 Å². The third-order valence-electron chi connectivity index (χ3n) is 4.24. The molecule has 1 aliphatic rings. The standard InChI is InChI=1S/C15H29N3O2.HI/c1-5-12(6-2)11-17-15(16-3)18-9-7-13(8-10-18)14(19)20-4;/h12-13H,5-11H2,1-4H3,(H,16,17);1H. The number of methoxy groups -OCH3 is 1. The van der Waals surface area contributed by atoms with Crippen LogP contribution in [-0.4, -0.2) is 50.6 Å². The number of piperidine rings is 1. The quantitative estimate of drug-likeness (QED) is 0.327.